The van der Waals surface area contributed by atoms with Gasteiger partial charge in [-0.25, -0.2) is 0 Å². The van der Waals surface area contributed by atoms with Crippen LogP contribution in [0.15, 0.2) is 0 Å². The molecule has 22 heavy (non-hydrogen) atoms. The van der Waals surface area contributed by atoms with Gasteiger partial charge in [0.25, 0.3) is 0 Å². The molecule has 3 amide bonds. The number of primary amides is 1. The molecule has 2 rings (SSSR count). The van der Waals surface area contributed by atoms with E-state index in [1.165, 1.54) is 6.92 Å². The molecule has 0 aliphatic carbocycles. The summed E-state index contributed by atoms with van der Waals surface area (Å²) in [6, 6.07) is -1.73. The Bertz CT molecular complexity index is 448. The molecule has 124 valence electrons. The van der Waals surface area contributed by atoms with E-state index in [0.29, 0.717) is 19.5 Å². The Hall–Kier alpha value is -1.67. The second-order valence-corrected chi connectivity index (χ2v) is 6.01. The van der Waals surface area contributed by atoms with Crippen molar-refractivity contribution in [1.29, 1.82) is 0 Å². The van der Waals surface area contributed by atoms with E-state index in [9.17, 15) is 19.5 Å². The highest BCUT2D eigenvalue weighted by Gasteiger charge is 2.39. The molecule has 5 N–H and O–H groups in total. The van der Waals surface area contributed by atoms with E-state index in [1.54, 1.807) is 4.90 Å². The van der Waals surface area contributed by atoms with Gasteiger partial charge in [-0.3, -0.25) is 14.4 Å². The summed E-state index contributed by atoms with van der Waals surface area (Å²) in [6.45, 7) is 3.38. The van der Waals surface area contributed by atoms with Crippen molar-refractivity contribution in [3.8, 4) is 0 Å². The molecular weight excluding hydrogens is 288 g/mol. The molecule has 2 saturated heterocycles. The number of nitrogens with one attached hydrogen (secondary N) is 2. The molecule has 2 aliphatic rings. The molecule has 0 saturated carbocycles. The van der Waals surface area contributed by atoms with Crippen LogP contribution in [0.1, 0.15) is 26.2 Å². The van der Waals surface area contributed by atoms with E-state index in [4.69, 9.17) is 5.73 Å². The predicted molar refractivity (Wildman–Crippen MR) is 78.5 cm³/mol. The van der Waals surface area contributed by atoms with Crippen LogP contribution in [0.3, 0.4) is 0 Å². The SMILES string of the molecule is C[C@@H](O)[C@H](NC(=O)[C@H]1CCCN1C(=O)[C@@H]1CCNC1)C(N)=O. The van der Waals surface area contributed by atoms with Crippen LogP contribution >= 0.6 is 0 Å². The molecule has 0 spiro atoms. The highest BCUT2D eigenvalue weighted by Crippen LogP contribution is 2.22. The van der Waals surface area contributed by atoms with E-state index < -0.39 is 30.0 Å². The maximum atomic E-state index is 12.5. The lowest BCUT2D eigenvalue weighted by Gasteiger charge is -2.28. The van der Waals surface area contributed by atoms with Gasteiger partial charge in [-0.15, -0.1) is 0 Å². The lowest BCUT2D eigenvalue weighted by atomic mass is 10.1. The summed E-state index contributed by atoms with van der Waals surface area (Å²) in [6.07, 6.45) is 1.01. The van der Waals surface area contributed by atoms with Crippen LogP contribution in [0.5, 0.6) is 0 Å². The lowest BCUT2D eigenvalue weighted by molar-refractivity contribution is -0.142. The Kier molecular flexibility index (Phi) is 5.36. The van der Waals surface area contributed by atoms with Crippen molar-refractivity contribution in [2.24, 2.45) is 11.7 Å². The van der Waals surface area contributed by atoms with Crippen LogP contribution in [0.4, 0.5) is 0 Å². The van der Waals surface area contributed by atoms with Gasteiger partial charge in [-0.2, -0.15) is 0 Å². The maximum absolute atomic E-state index is 12.5. The van der Waals surface area contributed by atoms with Gasteiger partial charge in [0.1, 0.15) is 12.1 Å². The number of carbonyl (C=O) groups excluding carboxylic acids is 3. The van der Waals surface area contributed by atoms with Crippen LogP contribution in [0.25, 0.3) is 0 Å². The molecule has 0 radical (unpaired) electrons. The lowest BCUT2D eigenvalue weighted by Crippen LogP contribution is -2.56. The highest BCUT2D eigenvalue weighted by atomic mass is 16.3. The van der Waals surface area contributed by atoms with Crippen molar-refractivity contribution in [1.82, 2.24) is 15.5 Å². The van der Waals surface area contributed by atoms with E-state index in [2.05, 4.69) is 10.6 Å². The zero-order valence-electron chi connectivity index (χ0n) is 12.7. The van der Waals surface area contributed by atoms with Gasteiger partial charge in [-0.05, 0) is 32.7 Å². The number of nitrogens with two attached hydrogens (primary N) is 1. The number of aliphatic hydroxyl groups is 1. The fraction of sp³-hybridized carbons (Fsp3) is 0.786. The van der Waals surface area contributed by atoms with Crippen molar-refractivity contribution >= 4 is 17.7 Å². The van der Waals surface area contributed by atoms with Crippen LogP contribution in [-0.4, -0.2) is 65.5 Å². The van der Waals surface area contributed by atoms with E-state index in [1.807, 2.05) is 0 Å². The van der Waals surface area contributed by atoms with Gasteiger partial charge in [0, 0.05) is 13.1 Å². The third kappa shape index (κ3) is 3.56. The van der Waals surface area contributed by atoms with Gasteiger partial charge >= 0.3 is 0 Å². The quantitative estimate of drug-likeness (QED) is 0.464. The first kappa shape index (κ1) is 16.7. The van der Waals surface area contributed by atoms with Gasteiger partial charge in [0.2, 0.25) is 17.7 Å². The number of nitrogens with zero attached hydrogens (tertiary/aromatic N) is 1. The van der Waals surface area contributed by atoms with Gasteiger partial charge in [0.05, 0.1) is 12.0 Å². The molecule has 8 heteroatoms. The van der Waals surface area contributed by atoms with Crippen LogP contribution < -0.4 is 16.4 Å². The van der Waals surface area contributed by atoms with E-state index in [-0.39, 0.29) is 11.8 Å². The number of rotatable bonds is 5. The van der Waals surface area contributed by atoms with Crippen molar-refractivity contribution in [2.45, 2.75) is 44.4 Å². The monoisotopic (exact) mass is 312 g/mol. The molecule has 0 unspecified atom stereocenters. The fourth-order valence-corrected chi connectivity index (χ4v) is 3.08. The molecule has 8 nitrogen and oxygen atoms in total. The first-order chi connectivity index (χ1) is 10.4. The first-order valence-corrected chi connectivity index (χ1v) is 7.70. The summed E-state index contributed by atoms with van der Waals surface area (Å²) in [5.74, 6) is -1.33. The molecule has 0 bridgehead atoms. The smallest absolute Gasteiger partial charge is 0.243 e. The summed E-state index contributed by atoms with van der Waals surface area (Å²) >= 11 is 0. The Morgan fingerprint density at radius 2 is 2.09 bits per heavy atom. The van der Waals surface area contributed by atoms with Crippen molar-refractivity contribution < 1.29 is 19.5 Å². The second-order valence-electron chi connectivity index (χ2n) is 6.01. The Morgan fingerprint density at radius 1 is 1.36 bits per heavy atom. The Labute approximate surface area is 129 Å². The summed E-state index contributed by atoms with van der Waals surface area (Å²) in [5.41, 5.74) is 5.18. The van der Waals surface area contributed by atoms with Gasteiger partial charge in [0.15, 0.2) is 0 Å². The zero-order chi connectivity index (χ0) is 16.3. The predicted octanol–water partition coefficient (Wildman–Crippen LogP) is -2.06. The minimum Gasteiger partial charge on any atom is -0.391 e. The molecule has 2 heterocycles. The van der Waals surface area contributed by atoms with Gasteiger partial charge in [-0.1, -0.05) is 0 Å². The number of carbonyl (C=O) groups is 3. The van der Waals surface area contributed by atoms with E-state index in [0.717, 1.165) is 19.4 Å². The third-order valence-electron chi connectivity index (χ3n) is 4.33. The average molecular weight is 312 g/mol. The molecule has 2 fully saturated rings. The summed E-state index contributed by atoms with van der Waals surface area (Å²) < 4.78 is 0. The minimum absolute atomic E-state index is 0.0182. The molecule has 0 aromatic rings. The number of hydrogen-bond acceptors (Lipinski definition) is 5. The first-order valence-electron chi connectivity index (χ1n) is 7.70. The van der Waals surface area contributed by atoms with Crippen LogP contribution in [-0.2, 0) is 14.4 Å². The average Bonchev–Trinajstić information content (AvgIpc) is 3.13. The summed E-state index contributed by atoms with van der Waals surface area (Å²) in [5, 5.41) is 15.1. The highest BCUT2D eigenvalue weighted by molar-refractivity contribution is 5.92. The van der Waals surface area contributed by atoms with Gasteiger partial charge < -0.3 is 26.4 Å². The number of amides is 3. The van der Waals surface area contributed by atoms with Crippen molar-refractivity contribution in [2.75, 3.05) is 19.6 Å². The number of aliphatic hydroxyl groups excluding tert-OH is 1. The molecule has 0 aromatic carbocycles. The standard InChI is InChI=1S/C14H24N4O4/c1-8(19)11(12(15)20)17-13(21)10-3-2-6-18(10)14(22)9-4-5-16-7-9/h8-11,16,19H,2-7H2,1H3,(H2,15,20)(H,17,21)/t8-,9-,10-,11+/m1/s1. The van der Waals surface area contributed by atoms with Crippen molar-refractivity contribution in [3.05, 3.63) is 0 Å². The normalized spacial score (nSPS) is 27.5. The number of hydrogen-bond donors (Lipinski definition) is 4. The molecule has 4 atom stereocenters. The summed E-state index contributed by atoms with van der Waals surface area (Å²) in [4.78, 5) is 37.7. The Morgan fingerprint density at radius 3 is 2.64 bits per heavy atom. The molecule has 2 aliphatic heterocycles. The zero-order valence-corrected chi connectivity index (χ0v) is 12.7. The Balaban J connectivity index is 2.01. The van der Waals surface area contributed by atoms with E-state index >= 15 is 0 Å². The minimum atomic E-state index is -1.14. The molecular formula is C14H24N4O4. The summed E-state index contributed by atoms with van der Waals surface area (Å²) in [7, 11) is 0. The van der Waals surface area contributed by atoms with Crippen LogP contribution in [0, 0.1) is 5.92 Å². The van der Waals surface area contributed by atoms with Crippen molar-refractivity contribution in [3.63, 3.8) is 0 Å². The maximum Gasteiger partial charge on any atom is 0.243 e. The fourth-order valence-electron chi connectivity index (χ4n) is 3.08. The third-order valence-corrected chi connectivity index (χ3v) is 4.33. The second kappa shape index (κ2) is 7.06. The number of likely N-dealkylation sites (tertiary alicyclic amines) is 1. The molecule has 0 aromatic heterocycles. The topological polar surface area (TPSA) is 125 Å². The van der Waals surface area contributed by atoms with Crippen LogP contribution in [0.2, 0.25) is 0 Å². The largest absolute Gasteiger partial charge is 0.391 e.